The first-order chi connectivity index (χ1) is 14.0. The summed E-state index contributed by atoms with van der Waals surface area (Å²) < 4.78 is 0. The second-order valence-corrected chi connectivity index (χ2v) is 8.22. The number of allylic oxidation sites excluding steroid dienone is 2. The average Bonchev–Trinajstić information content (AvgIpc) is 3.02. The van der Waals surface area contributed by atoms with Crippen molar-refractivity contribution < 1.29 is 14.4 Å². The van der Waals surface area contributed by atoms with Crippen molar-refractivity contribution in [2.45, 2.75) is 19.8 Å². The van der Waals surface area contributed by atoms with E-state index >= 15 is 0 Å². The number of fused-ring (bicyclic) bond motifs is 1. The molecule has 146 valence electrons. The Morgan fingerprint density at radius 3 is 2.10 bits per heavy atom. The van der Waals surface area contributed by atoms with Gasteiger partial charge in [-0.2, -0.15) is 0 Å². The van der Waals surface area contributed by atoms with Crippen molar-refractivity contribution in [3.8, 4) is 0 Å². The Morgan fingerprint density at radius 1 is 0.931 bits per heavy atom. The van der Waals surface area contributed by atoms with Crippen molar-refractivity contribution in [1.82, 2.24) is 0 Å². The Balaban J connectivity index is 1.36. The summed E-state index contributed by atoms with van der Waals surface area (Å²) in [5, 5.41) is 2.87. The molecule has 1 saturated heterocycles. The average molecular weight is 386 g/mol. The molecule has 6 rings (SSSR count). The minimum Gasteiger partial charge on any atom is -0.322 e. The lowest BCUT2D eigenvalue weighted by molar-refractivity contribution is -0.124. The van der Waals surface area contributed by atoms with Crippen molar-refractivity contribution in [2.75, 3.05) is 10.2 Å². The van der Waals surface area contributed by atoms with Gasteiger partial charge in [-0.15, -0.1) is 0 Å². The third-order valence-corrected chi connectivity index (χ3v) is 6.42. The minimum atomic E-state index is -0.226. The number of amides is 3. The smallest absolute Gasteiger partial charge is 0.255 e. The molecule has 0 aromatic heterocycles. The number of hydrogen-bond donors (Lipinski definition) is 1. The van der Waals surface area contributed by atoms with Gasteiger partial charge in [0, 0.05) is 11.3 Å². The molecule has 4 unspecified atom stereocenters. The van der Waals surface area contributed by atoms with Crippen LogP contribution in [0, 0.1) is 30.6 Å². The maximum atomic E-state index is 13.0. The standard InChI is InChI=1S/C24H22N2O3/c1-14-3-2-4-18(13-14)25-22(27)17-9-11-19(12-10-17)26-23(28)20-15-5-6-16(8-7-15)21(20)24(26)29/h2-6,9-13,15-16,20-21H,7-8H2,1H3,(H,25,27). The molecule has 3 aliphatic carbocycles. The van der Waals surface area contributed by atoms with E-state index in [9.17, 15) is 14.4 Å². The molecule has 0 radical (unpaired) electrons. The molecule has 1 heterocycles. The number of rotatable bonds is 3. The van der Waals surface area contributed by atoms with E-state index in [-0.39, 0.29) is 41.4 Å². The van der Waals surface area contributed by atoms with Gasteiger partial charge < -0.3 is 5.32 Å². The third kappa shape index (κ3) is 2.89. The molecular formula is C24H22N2O3. The number of benzene rings is 2. The minimum absolute atomic E-state index is 0.101. The number of carbonyl (C=O) groups excluding carboxylic acids is 3. The molecule has 1 aliphatic heterocycles. The molecule has 5 nitrogen and oxygen atoms in total. The highest BCUT2D eigenvalue weighted by Crippen LogP contribution is 2.50. The molecule has 1 saturated carbocycles. The van der Waals surface area contributed by atoms with Gasteiger partial charge in [0.15, 0.2) is 0 Å². The summed E-state index contributed by atoms with van der Waals surface area (Å²) in [7, 11) is 0. The van der Waals surface area contributed by atoms with Crippen LogP contribution < -0.4 is 10.2 Å². The number of carbonyl (C=O) groups is 3. The molecule has 2 aromatic rings. The van der Waals surface area contributed by atoms with E-state index in [2.05, 4.69) is 17.5 Å². The van der Waals surface area contributed by atoms with E-state index in [0.717, 1.165) is 24.1 Å². The lowest BCUT2D eigenvalue weighted by Gasteiger charge is -2.38. The van der Waals surface area contributed by atoms with E-state index in [1.54, 1.807) is 24.3 Å². The monoisotopic (exact) mass is 386 g/mol. The van der Waals surface area contributed by atoms with Crippen LogP contribution in [0.5, 0.6) is 0 Å². The Bertz CT molecular complexity index is 1010. The van der Waals surface area contributed by atoms with Crippen LogP contribution in [0.3, 0.4) is 0 Å². The van der Waals surface area contributed by atoms with Gasteiger partial charge in [0.2, 0.25) is 11.8 Å². The van der Waals surface area contributed by atoms with Crippen LogP contribution in [0.1, 0.15) is 28.8 Å². The van der Waals surface area contributed by atoms with Crippen molar-refractivity contribution in [2.24, 2.45) is 23.7 Å². The molecule has 2 fully saturated rings. The van der Waals surface area contributed by atoms with Crippen LogP contribution in [-0.4, -0.2) is 17.7 Å². The largest absolute Gasteiger partial charge is 0.322 e. The Hall–Kier alpha value is -3.21. The van der Waals surface area contributed by atoms with Crippen molar-refractivity contribution in [3.63, 3.8) is 0 Å². The predicted octanol–water partition coefficient (Wildman–Crippen LogP) is 3.95. The highest BCUT2D eigenvalue weighted by atomic mass is 16.2. The molecule has 2 bridgehead atoms. The van der Waals surface area contributed by atoms with E-state index < -0.39 is 0 Å². The molecule has 0 spiro atoms. The van der Waals surface area contributed by atoms with Crippen molar-refractivity contribution in [3.05, 3.63) is 71.8 Å². The molecule has 4 atom stereocenters. The number of nitrogens with one attached hydrogen (secondary N) is 1. The molecular weight excluding hydrogens is 364 g/mol. The van der Waals surface area contributed by atoms with Crippen LogP contribution in [0.15, 0.2) is 60.7 Å². The van der Waals surface area contributed by atoms with Gasteiger partial charge >= 0.3 is 0 Å². The molecule has 3 amide bonds. The molecule has 29 heavy (non-hydrogen) atoms. The normalized spacial score (nSPS) is 27.3. The van der Waals surface area contributed by atoms with E-state index in [0.29, 0.717) is 11.3 Å². The first kappa shape index (κ1) is 17.9. The number of imide groups is 1. The summed E-state index contributed by atoms with van der Waals surface area (Å²) >= 11 is 0. The number of anilines is 2. The maximum absolute atomic E-state index is 13.0. The van der Waals surface area contributed by atoms with Gasteiger partial charge in [-0.3, -0.25) is 19.3 Å². The molecule has 5 heteroatoms. The number of aryl methyl sites for hydroxylation is 1. The topological polar surface area (TPSA) is 66.5 Å². The van der Waals surface area contributed by atoms with Crippen molar-refractivity contribution in [1.29, 1.82) is 0 Å². The number of nitrogens with zero attached hydrogens (tertiary/aromatic N) is 1. The van der Waals surface area contributed by atoms with E-state index in [1.165, 1.54) is 4.90 Å². The molecule has 4 aliphatic rings. The fourth-order valence-corrected chi connectivity index (χ4v) is 5.02. The lowest BCUT2D eigenvalue weighted by Crippen LogP contribution is -2.38. The first-order valence-electron chi connectivity index (χ1n) is 10.1. The summed E-state index contributed by atoms with van der Waals surface area (Å²) in [4.78, 5) is 39.9. The predicted molar refractivity (Wildman–Crippen MR) is 110 cm³/mol. The van der Waals surface area contributed by atoms with Gasteiger partial charge in [-0.05, 0) is 73.6 Å². The Labute approximate surface area is 169 Å². The summed E-state index contributed by atoms with van der Waals surface area (Å²) in [6, 6.07) is 14.3. The Morgan fingerprint density at radius 2 is 1.55 bits per heavy atom. The van der Waals surface area contributed by atoms with Gasteiger partial charge in [0.1, 0.15) is 0 Å². The third-order valence-electron chi connectivity index (χ3n) is 6.42. The van der Waals surface area contributed by atoms with Crippen LogP contribution >= 0.6 is 0 Å². The second-order valence-electron chi connectivity index (χ2n) is 8.22. The summed E-state index contributed by atoms with van der Waals surface area (Å²) in [5.41, 5.74) is 2.82. The summed E-state index contributed by atoms with van der Waals surface area (Å²) in [5.74, 6) is -0.535. The highest BCUT2D eigenvalue weighted by Gasteiger charge is 2.56. The quantitative estimate of drug-likeness (QED) is 0.642. The molecule has 2 aromatic carbocycles. The van der Waals surface area contributed by atoms with Gasteiger partial charge in [-0.25, -0.2) is 0 Å². The van der Waals surface area contributed by atoms with Gasteiger partial charge in [-0.1, -0.05) is 24.3 Å². The SMILES string of the molecule is Cc1cccc(NC(=O)c2ccc(N3C(=O)C4C5C=CC(CC5)C4C3=O)cc2)c1. The number of hydrogen-bond acceptors (Lipinski definition) is 3. The lowest BCUT2D eigenvalue weighted by atomic mass is 9.63. The molecule has 1 N–H and O–H groups in total. The zero-order chi connectivity index (χ0) is 20.1. The first-order valence-corrected chi connectivity index (χ1v) is 10.1. The fraction of sp³-hybridized carbons (Fsp3) is 0.292. The van der Waals surface area contributed by atoms with Gasteiger partial charge in [0.05, 0.1) is 17.5 Å². The maximum Gasteiger partial charge on any atom is 0.255 e. The summed E-state index contributed by atoms with van der Waals surface area (Å²) in [6.45, 7) is 1.97. The van der Waals surface area contributed by atoms with Crippen LogP contribution in [0.25, 0.3) is 0 Å². The second kappa shape index (κ2) is 6.69. The zero-order valence-electron chi connectivity index (χ0n) is 16.2. The van der Waals surface area contributed by atoms with Crippen LogP contribution in [0.4, 0.5) is 11.4 Å². The Kier molecular flexibility index (Phi) is 4.12. The van der Waals surface area contributed by atoms with E-state index in [4.69, 9.17) is 0 Å². The van der Waals surface area contributed by atoms with Crippen LogP contribution in [-0.2, 0) is 9.59 Å². The van der Waals surface area contributed by atoms with E-state index in [1.807, 2.05) is 31.2 Å². The van der Waals surface area contributed by atoms with Crippen molar-refractivity contribution >= 4 is 29.1 Å². The van der Waals surface area contributed by atoms with Crippen LogP contribution in [0.2, 0.25) is 0 Å². The van der Waals surface area contributed by atoms with Gasteiger partial charge in [0.25, 0.3) is 5.91 Å². The zero-order valence-corrected chi connectivity index (χ0v) is 16.2. The highest BCUT2D eigenvalue weighted by molar-refractivity contribution is 6.22. The fourth-order valence-electron chi connectivity index (χ4n) is 5.02. The summed E-state index contributed by atoms with van der Waals surface area (Å²) in [6.07, 6.45) is 6.19.